The summed E-state index contributed by atoms with van der Waals surface area (Å²) in [5.41, 5.74) is 6.22. The number of pyridine rings is 1. The molecule has 1 saturated carbocycles. The molecule has 0 amide bonds. The monoisotopic (exact) mass is 255 g/mol. The predicted molar refractivity (Wildman–Crippen MR) is 70.3 cm³/mol. The lowest BCUT2D eigenvalue weighted by atomic mass is 9.91. The Balaban J connectivity index is 2.17. The number of nitrogens with two attached hydrogens (primary N) is 1. The zero-order valence-electron chi connectivity index (χ0n) is 9.77. The lowest BCUT2D eigenvalue weighted by Crippen LogP contribution is -2.41. The molecule has 1 aromatic rings. The molecule has 17 heavy (non-hydrogen) atoms. The van der Waals surface area contributed by atoms with Gasteiger partial charge in [0.25, 0.3) is 0 Å². The van der Waals surface area contributed by atoms with E-state index in [9.17, 15) is 0 Å². The normalized spacial score (nSPS) is 15.6. The summed E-state index contributed by atoms with van der Waals surface area (Å²) in [5, 5.41) is 9.54. The van der Waals surface area contributed by atoms with Crippen molar-refractivity contribution in [3.63, 3.8) is 0 Å². The highest BCUT2D eigenvalue weighted by Gasteiger charge is 2.26. The molecule has 94 valence electrons. The van der Waals surface area contributed by atoms with E-state index in [4.69, 9.17) is 22.4 Å². The van der Waals surface area contributed by atoms with Crippen molar-refractivity contribution >= 4 is 23.1 Å². The maximum absolute atomic E-state index is 8.95. The average molecular weight is 256 g/mol. The van der Waals surface area contributed by atoms with Crippen LogP contribution >= 0.6 is 11.6 Å². The van der Waals surface area contributed by atoms with E-state index in [0.717, 1.165) is 18.8 Å². The molecule has 1 aromatic heterocycles. The molecule has 5 heteroatoms. The van der Waals surface area contributed by atoms with Crippen LogP contribution in [0.1, 0.15) is 25.7 Å². The minimum Gasteiger partial charge on any atom is -0.397 e. The van der Waals surface area contributed by atoms with Crippen LogP contribution in [0.4, 0.5) is 11.5 Å². The second-order valence-corrected chi connectivity index (χ2v) is 4.84. The summed E-state index contributed by atoms with van der Waals surface area (Å²) >= 11 is 6.18. The topological polar surface area (TPSA) is 62.4 Å². The zero-order valence-corrected chi connectivity index (χ0v) is 10.5. The molecule has 0 radical (unpaired) electrons. The van der Waals surface area contributed by atoms with Crippen molar-refractivity contribution < 1.29 is 5.11 Å². The number of rotatable bonds is 5. The van der Waals surface area contributed by atoms with Gasteiger partial charge >= 0.3 is 0 Å². The Morgan fingerprint density at radius 3 is 2.82 bits per heavy atom. The van der Waals surface area contributed by atoms with Gasteiger partial charge in [0.2, 0.25) is 0 Å². The van der Waals surface area contributed by atoms with E-state index in [2.05, 4.69) is 9.88 Å². The molecule has 1 aliphatic rings. The van der Waals surface area contributed by atoms with Gasteiger partial charge < -0.3 is 15.7 Å². The largest absolute Gasteiger partial charge is 0.397 e. The number of aliphatic hydroxyl groups is 1. The lowest BCUT2D eigenvalue weighted by molar-refractivity contribution is 0.282. The van der Waals surface area contributed by atoms with Crippen LogP contribution in [0.25, 0.3) is 0 Å². The molecular weight excluding hydrogens is 238 g/mol. The van der Waals surface area contributed by atoms with Crippen LogP contribution < -0.4 is 10.6 Å². The van der Waals surface area contributed by atoms with Crippen LogP contribution in [0, 0.1) is 0 Å². The molecule has 1 aliphatic carbocycles. The summed E-state index contributed by atoms with van der Waals surface area (Å²) in [6.45, 7) is 0.980. The molecule has 2 rings (SSSR count). The van der Waals surface area contributed by atoms with Gasteiger partial charge in [0.05, 0.1) is 16.9 Å². The lowest BCUT2D eigenvalue weighted by Gasteiger charge is -2.38. The molecule has 4 nitrogen and oxygen atoms in total. The van der Waals surface area contributed by atoms with Crippen LogP contribution in [-0.2, 0) is 0 Å². The molecule has 1 fully saturated rings. The van der Waals surface area contributed by atoms with E-state index in [1.165, 1.54) is 19.3 Å². The van der Waals surface area contributed by atoms with Gasteiger partial charge in [-0.05, 0) is 31.7 Å². The zero-order chi connectivity index (χ0) is 12.3. The SMILES string of the molecule is Nc1cnc(N(CCCO)C2CCC2)c(Cl)c1. The highest BCUT2D eigenvalue weighted by molar-refractivity contribution is 6.33. The summed E-state index contributed by atoms with van der Waals surface area (Å²) in [4.78, 5) is 6.52. The van der Waals surface area contributed by atoms with Crippen LogP contribution in [0.2, 0.25) is 5.02 Å². The number of aromatic nitrogens is 1. The van der Waals surface area contributed by atoms with Crippen molar-refractivity contribution in [3.05, 3.63) is 17.3 Å². The summed E-state index contributed by atoms with van der Waals surface area (Å²) in [6, 6.07) is 2.24. The summed E-state index contributed by atoms with van der Waals surface area (Å²) < 4.78 is 0. The summed E-state index contributed by atoms with van der Waals surface area (Å²) in [5.74, 6) is 0.791. The minimum atomic E-state index is 0.190. The van der Waals surface area contributed by atoms with Gasteiger partial charge in [0.1, 0.15) is 5.82 Å². The second-order valence-electron chi connectivity index (χ2n) is 4.43. The standard InChI is InChI=1S/C12H18ClN3O/c13-11-7-9(14)8-15-12(11)16(5-2-6-17)10-3-1-4-10/h7-8,10,17H,1-6,14H2. The number of aliphatic hydroxyl groups excluding tert-OH is 1. The molecule has 0 spiro atoms. The van der Waals surface area contributed by atoms with Gasteiger partial charge in [-0.25, -0.2) is 4.98 Å². The number of nitrogen functional groups attached to an aromatic ring is 1. The Labute approximate surface area is 106 Å². The molecule has 0 bridgehead atoms. The number of hydrogen-bond acceptors (Lipinski definition) is 4. The Kier molecular flexibility index (Phi) is 4.07. The van der Waals surface area contributed by atoms with Crippen molar-refractivity contribution in [2.75, 3.05) is 23.8 Å². The number of nitrogens with zero attached hydrogens (tertiary/aromatic N) is 2. The fourth-order valence-corrected chi connectivity index (χ4v) is 2.34. The van der Waals surface area contributed by atoms with Crippen molar-refractivity contribution in [2.45, 2.75) is 31.7 Å². The minimum absolute atomic E-state index is 0.190. The second kappa shape index (κ2) is 5.56. The highest BCUT2D eigenvalue weighted by Crippen LogP contribution is 2.33. The number of hydrogen-bond donors (Lipinski definition) is 2. The third kappa shape index (κ3) is 2.82. The fraction of sp³-hybridized carbons (Fsp3) is 0.583. The first-order chi connectivity index (χ1) is 8.22. The highest BCUT2D eigenvalue weighted by atomic mass is 35.5. The third-order valence-electron chi connectivity index (χ3n) is 3.19. The third-order valence-corrected chi connectivity index (χ3v) is 3.47. The fourth-order valence-electron chi connectivity index (χ4n) is 2.06. The van der Waals surface area contributed by atoms with Gasteiger partial charge in [-0.2, -0.15) is 0 Å². The molecule has 0 aromatic carbocycles. The van der Waals surface area contributed by atoms with Gasteiger partial charge in [-0.3, -0.25) is 0 Å². The molecule has 0 saturated heterocycles. The van der Waals surface area contributed by atoms with Crippen molar-refractivity contribution in [1.29, 1.82) is 0 Å². The molecule has 1 heterocycles. The van der Waals surface area contributed by atoms with E-state index in [1.807, 2.05) is 0 Å². The molecular formula is C12H18ClN3O. The van der Waals surface area contributed by atoms with E-state index in [-0.39, 0.29) is 6.61 Å². The molecule has 0 atom stereocenters. The van der Waals surface area contributed by atoms with Crippen LogP contribution in [-0.4, -0.2) is 29.3 Å². The Morgan fingerprint density at radius 1 is 1.53 bits per heavy atom. The van der Waals surface area contributed by atoms with Crippen molar-refractivity contribution in [3.8, 4) is 0 Å². The average Bonchev–Trinajstić information content (AvgIpc) is 2.22. The summed E-state index contributed by atoms with van der Waals surface area (Å²) in [6.07, 6.45) is 5.97. The first-order valence-electron chi connectivity index (χ1n) is 6.01. The molecule has 3 N–H and O–H groups in total. The van der Waals surface area contributed by atoms with Crippen molar-refractivity contribution in [2.24, 2.45) is 0 Å². The van der Waals surface area contributed by atoms with E-state index >= 15 is 0 Å². The van der Waals surface area contributed by atoms with E-state index in [0.29, 0.717) is 16.8 Å². The van der Waals surface area contributed by atoms with Crippen molar-refractivity contribution in [1.82, 2.24) is 4.98 Å². The van der Waals surface area contributed by atoms with Gasteiger partial charge in [0.15, 0.2) is 0 Å². The Morgan fingerprint density at radius 2 is 2.29 bits per heavy atom. The smallest absolute Gasteiger partial charge is 0.147 e. The van der Waals surface area contributed by atoms with E-state index in [1.54, 1.807) is 12.3 Å². The summed E-state index contributed by atoms with van der Waals surface area (Å²) in [7, 11) is 0. The van der Waals surface area contributed by atoms with Gasteiger partial charge in [-0.1, -0.05) is 11.6 Å². The van der Waals surface area contributed by atoms with Gasteiger partial charge in [0, 0.05) is 19.2 Å². The molecule has 0 unspecified atom stereocenters. The first kappa shape index (κ1) is 12.5. The number of halogens is 1. The first-order valence-corrected chi connectivity index (χ1v) is 6.38. The maximum Gasteiger partial charge on any atom is 0.147 e. The van der Waals surface area contributed by atoms with Crippen LogP contribution in [0.15, 0.2) is 12.3 Å². The predicted octanol–water partition coefficient (Wildman–Crippen LogP) is 2.06. The Bertz CT molecular complexity index is 382. The van der Waals surface area contributed by atoms with E-state index < -0.39 is 0 Å². The number of anilines is 2. The van der Waals surface area contributed by atoms with Crippen LogP contribution in [0.5, 0.6) is 0 Å². The maximum atomic E-state index is 8.95. The van der Waals surface area contributed by atoms with Gasteiger partial charge in [-0.15, -0.1) is 0 Å². The van der Waals surface area contributed by atoms with Crippen LogP contribution in [0.3, 0.4) is 0 Å². The molecule has 0 aliphatic heterocycles. The quantitative estimate of drug-likeness (QED) is 0.846. The Hall–Kier alpha value is -1.00.